The smallest absolute Gasteiger partial charge is 0.251 e. The molecule has 2 N–H and O–H groups in total. The minimum atomic E-state index is -0.106. The molecule has 31 heavy (non-hydrogen) atoms. The molecule has 0 radical (unpaired) electrons. The van der Waals surface area contributed by atoms with Gasteiger partial charge in [0.25, 0.3) is 5.56 Å². The van der Waals surface area contributed by atoms with Crippen molar-refractivity contribution in [1.82, 2.24) is 19.5 Å². The van der Waals surface area contributed by atoms with E-state index < -0.39 is 0 Å². The zero-order valence-electron chi connectivity index (χ0n) is 17.4. The lowest BCUT2D eigenvalue weighted by molar-refractivity contribution is 0.0903. The number of nitrogens with one attached hydrogen (secondary N) is 2. The van der Waals surface area contributed by atoms with Crippen LogP contribution in [-0.2, 0) is 4.74 Å². The van der Waals surface area contributed by atoms with Crippen molar-refractivity contribution in [2.24, 2.45) is 0 Å². The molecule has 1 fully saturated rings. The SMILES string of the molecule is CC(c1cc2ccccc2[nH]1)n1ccc(-c2ccnc(NC3CCOCC3)n2)cc1=O. The highest BCUT2D eigenvalue weighted by Gasteiger charge is 2.16. The lowest BCUT2D eigenvalue weighted by atomic mass is 10.1. The Kier molecular flexibility index (Phi) is 5.26. The molecule has 0 bridgehead atoms. The number of pyridine rings is 1. The van der Waals surface area contributed by atoms with Crippen LogP contribution in [0, 0.1) is 0 Å². The quantitative estimate of drug-likeness (QED) is 0.515. The van der Waals surface area contributed by atoms with Crippen molar-refractivity contribution in [3.05, 3.63) is 77.0 Å². The lowest BCUT2D eigenvalue weighted by Gasteiger charge is -2.23. The van der Waals surface area contributed by atoms with Crippen LogP contribution in [0.5, 0.6) is 0 Å². The van der Waals surface area contributed by atoms with E-state index in [0.717, 1.165) is 53.9 Å². The number of rotatable bonds is 5. The number of aromatic amines is 1. The molecule has 1 aliphatic heterocycles. The van der Waals surface area contributed by atoms with Crippen LogP contribution in [0.25, 0.3) is 22.2 Å². The van der Waals surface area contributed by atoms with Gasteiger partial charge in [0.15, 0.2) is 0 Å². The molecule has 0 amide bonds. The first kappa shape index (κ1) is 19.5. The van der Waals surface area contributed by atoms with Gasteiger partial charge in [-0.05, 0) is 49.4 Å². The third kappa shape index (κ3) is 4.09. The summed E-state index contributed by atoms with van der Waals surface area (Å²) >= 11 is 0. The zero-order valence-corrected chi connectivity index (χ0v) is 17.4. The average Bonchev–Trinajstić information content (AvgIpc) is 3.24. The molecule has 1 unspecified atom stereocenters. The predicted octanol–water partition coefficient (Wildman–Crippen LogP) is 3.99. The molecule has 4 heterocycles. The molecule has 1 aromatic carbocycles. The number of para-hydroxylation sites is 1. The van der Waals surface area contributed by atoms with Crippen molar-refractivity contribution in [3.8, 4) is 11.3 Å². The Morgan fingerprint density at radius 3 is 2.81 bits per heavy atom. The maximum absolute atomic E-state index is 12.9. The van der Waals surface area contributed by atoms with E-state index in [4.69, 9.17) is 4.74 Å². The van der Waals surface area contributed by atoms with E-state index in [-0.39, 0.29) is 11.6 Å². The molecular formula is C24H25N5O2. The van der Waals surface area contributed by atoms with Crippen molar-refractivity contribution in [2.75, 3.05) is 18.5 Å². The zero-order chi connectivity index (χ0) is 21.2. The Hall–Kier alpha value is -3.45. The Balaban J connectivity index is 1.39. The first-order chi connectivity index (χ1) is 15.2. The largest absolute Gasteiger partial charge is 0.381 e. The van der Waals surface area contributed by atoms with E-state index in [1.165, 1.54) is 0 Å². The number of hydrogen-bond donors (Lipinski definition) is 2. The second-order valence-electron chi connectivity index (χ2n) is 7.95. The topological polar surface area (TPSA) is 84.8 Å². The van der Waals surface area contributed by atoms with E-state index in [9.17, 15) is 4.79 Å². The van der Waals surface area contributed by atoms with Gasteiger partial charge < -0.3 is 19.6 Å². The van der Waals surface area contributed by atoms with Crippen molar-refractivity contribution >= 4 is 16.9 Å². The Morgan fingerprint density at radius 2 is 2.00 bits per heavy atom. The molecule has 7 nitrogen and oxygen atoms in total. The number of benzene rings is 1. The molecule has 4 aromatic rings. The van der Waals surface area contributed by atoms with E-state index in [1.807, 2.05) is 43.5 Å². The van der Waals surface area contributed by atoms with Gasteiger partial charge in [-0.2, -0.15) is 0 Å². The molecule has 158 valence electrons. The Bertz CT molecular complexity index is 1220. The van der Waals surface area contributed by atoms with Gasteiger partial charge in [-0.3, -0.25) is 4.79 Å². The molecule has 1 saturated heterocycles. The van der Waals surface area contributed by atoms with Crippen LogP contribution in [0.15, 0.2) is 65.7 Å². The fraction of sp³-hybridized carbons (Fsp3) is 0.292. The van der Waals surface area contributed by atoms with Crippen molar-refractivity contribution in [3.63, 3.8) is 0 Å². The molecule has 7 heteroatoms. The normalized spacial score (nSPS) is 15.8. The summed E-state index contributed by atoms with van der Waals surface area (Å²) in [4.78, 5) is 25.3. The van der Waals surface area contributed by atoms with Gasteiger partial charge in [0, 0.05) is 54.5 Å². The summed E-state index contributed by atoms with van der Waals surface area (Å²) in [7, 11) is 0. The number of anilines is 1. The van der Waals surface area contributed by atoms with E-state index in [2.05, 4.69) is 32.4 Å². The highest BCUT2D eigenvalue weighted by atomic mass is 16.5. The third-order valence-corrected chi connectivity index (χ3v) is 5.87. The minimum Gasteiger partial charge on any atom is -0.381 e. The van der Waals surface area contributed by atoms with Crippen molar-refractivity contribution < 1.29 is 4.74 Å². The molecule has 1 atom stereocenters. The van der Waals surface area contributed by atoms with Gasteiger partial charge in [0.05, 0.1) is 11.7 Å². The van der Waals surface area contributed by atoms with E-state index in [0.29, 0.717) is 12.0 Å². The molecular weight excluding hydrogens is 390 g/mol. The summed E-state index contributed by atoms with van der Waals surface area (Å²) in [5.74, 6) is 0.583. The van der Waals surface area contributed by atoms with Crippen LogP contribution in [0.4, 0.5) is 5.95 Å². The number of hydrogen-bond acceptors (Lipinski definition) is 5. The standard InChI is InChI=1S/C24H25N5O2/c1-16(22-14-17-4-2-3-5-20(17)27-22)29-11-7-18(15-23(29)30)21-6-10-25-24(28-21)26-19-8-12-31-13-9-19/h2-7,10-11,14-16,19,27H,8-9,12-13H2,1H3,(H,25,26,28). The number of H-pyrrole nitrogens is 1. The second kappa shape index (κ2) is 8.35. The van der Waals surface area contributed by atoms with E-state index >= 15 is 0 Å². The first-order valence-electron chi connectivity index (χ1n) is 10.6. The number of nitrogens with zero attached hydrogens (tertiary/aromatic N) is 3. The first-order valence-corrected chi connectivity index (χ1v) is 10.6. The van der Waals surface area contributed by atoms with Gasteiger partial charge in [0.1, 0.15) is 0 Å². The highest BCUT2D eigenvalue weighted by Crippen LogP contribution is 2.23. The van der Waals surface area contributed by atoms with Gasteiger partial charge in [-0.25, -0.2) is 9.97 Å². The fourth-order valence-corrected chi connectivity index (χ4v) is 4.05. The van der Waals surface area contributed by atoms with Gasteiger partial charge >= 0.3 is 0 Å². The summed E-state index contributed by atoms with van der Waals surface area (Å²) in [5, 5.41) is 4.52. The van der Waals surface area contributed by atoms with Gasteiger partial charge in [-0.1, -0.05) is 18.2 Å². The van der Waals surface area contributed by atoms with Crippen LogP contribution < -0.4 is 10.9 Å². The maximum atomic E-state index is 12.9. The van der Waals surface area contributed by atoms with Crippen LogP contribution in [0.1, 0.15) is 31.5 Å². The van der Waals surface area contributed by atoms with Gasteiger partial charge in [-0.15, -0.1) is 0 Å². The summed E-state index contributed by atoms with van der Waals surface area (Å²) in [6.45, 7) is 3.53. The van der Waals surface area contributed by atoms with Crippen LogP contribution in [0.3, 0.4) is 0 Å². The van der Waals surface area contributed by atoms with Crippen LogP contribution in [0.2, 0.25) is 0 Å². The van der Waals surface area contributed by atoms with Crippen molar-refractivity contribution in [1.29, 1.82) is 0 Å². The summed E-state index contributed by atoms with van der Waals surface area (Å²) < 4.78 is 7.14. The minimum absolute atomic E-state index is 0.0683. The molecule has 5 rings (SSSR count). The van der Waals surface area contributed by atoms with Crippen LogP contribution >= 0.6 is 0 Å². The maximum Gasteiger partial charge on any atom is 0.251 e. The highest BCUT2D eigenvalue weighted by molar-refractivity contribution is 5.80. The Morgan fingerprint density at radius 1 is 1.16 bits per heavy atom. The molecule has 3 aromatic heterocycles. The monoisotopic (exact) mass is 415 g/mol. The van der Waals surface area contributed by atoms with E-state index in [1.54, 1.807) is 16.8 Å². The third-order valence-electron chi connectivity index (χ3n) is 5.87. The average molecular weight is 415 g/mol. The van der Waals surface area contributed by atoms with Gasteiger partial charge in [0.2, 0.25) is 5.95 Å². The lowest BCUT2D eigenvalue weighted by Crippen LogP contribution is -2.28. The molecule has 1 aliphatic rings. The molecule has 0 aliphatic carbocycles. The summed E-state index contributed by atoms with van der Waals surface area (Å²) in [6, 6.07) is 15.8. The number of fused-ring (bicyclic) bond motifs is 1. The number of ether oxygens (including phenoxy) is 1. The number of aromatic nitrogens is 4. The summed E-state index contributed by atoms with van der Waals surface area (Å²) in [6.07, 6.45) is 5.44. The second-order valence-corrected chi connectivity index (χ2v) is 7.95. The van der Waals surface area contributed by atoms with Crippen molar-refractivity contribution in [2.45, 2.75) is 31.8 Å². The molecule has 0 spiro atoms. The molecule has 0 saturated carbocycles. The Labute approximate surface area is 180 Å². The van der Waals surface area contributed by atoms with Crippen LogP contribution in [-0.4, -0.2) is 38.8 Å². The fourth-order valence-electron chi connectivity index (χ4n) is 4.05. The predicted molar refractivity (Wildman–Crippen MR) is 121 cm³/mol. The summed E-state index contributed by atoms with van der Waals surface area (Å²) in [5.41, 5.74) is 3.51.